The van der Waals surface area contributed by atoms with Gasteiger partial charge in [0, 0.05) is 71.1 Å². The summed E-state index contributed by atoms with van der Waals surface area (Å²) in [5, 5.41) is 19.0. The van der Waals surface area contributed by atoms with Crippen molar-refractivity contribution in [1.82, 2.24) is 14.4 Å². The molecular weight excluding hydrogens is 486 g/mol. The average molecular weight is 522 g/mol. The van der Waals surface area contributed by atoms with E-state index in [0.29, 0.717) is 25.2 Å². The number of para-hydroxylation sites is 2. The number of benzene rings is 2. The number of hydrogen-bond acceptors (Lipinski definition) is 6. The van der Waals surface area contributed by atoms with Crippen LogP contribution in [0.4, 0.5) is 11.4 Å². The smallest absolute Gasteiger partial charge is 0.270 e. The third-order valence-electron chi connectivity index (χ3n) is 8.24. The molecular formula is C31H35N7O. The lowest BCUT2D eigenvalue weighted by molar-refractivity contribution is 0.0664. The van der Waals surface area contributed by atoms with Gasteiger partial charge in [0.2, 0.25) is 0 Å². The second-order valence-corrected chi connectivity index (χ2v) is 10.5. The Bertz CT molecular complexity index is 1440. The fourth-order valence-electron chi connectivity index (χ4n) is 5.83. The van der Waals surface area contributed by atoms with Crippen molar-refractivity contribution in [3.8, 4) is 12.1 Å². The fourth-order valence-corrected chi connectivity index (χ4v) is 5.83. The summed E-state index contributed by atoms with van der Waals surface area (Å²) in [6, 6.07) is 22.2. The maximum absolute atomic E-state index is 13.7. The molecule has 2 aliphatic rings. The molecule has 0 saturated carbocycles. The number of piperazine rings is 2. The van der Waals surface area contributed by atoms with E-state index in [-0.39, 0.29) is 11.9 Å². The molecule has 2 aliphatic heterocycles. The number of nitriles is 2. The van der Waals surface area contributed by atoms with Crippen LogP contribution in [0.2, 0.25) is 0 Å². The van der Waals surface area contributed by atoms with Gasteiger partial charge >= 0.3 is 0 Å². The molecule has 5 rings (SSSR count). The highest BCUT2D eigenvalue weighted by atomic mass is 16.2. The Labute approximate surface area is 230 Å². The van der Waals surface area contributed by atoms with Gasteiger partial charge in [-0.2, -0.15) is 10.5 Å². The lowest BCUT2D eigenvalue weighted by Gasteiger charge is -2.41. The van der Waals surface area contributed by atoms with Gasteiger partial charge in [0.25, 0.3) is 5.91 Å². The topological polar surface area (TPSA) is 82.5 Å². The van der Waals surface area contributed by atoms with E-state index in [1.165, 1.54) is 5.56 Å². The first-order chi connectivity index (χ1) is 18.9. The van der Waals surface area contributed by atoms with Crippen LogP contribution in [0.5, 0.6) is 0 Å². The highest BCUT2D eigenvalue weighted by Gasteiger charge is 2.31. The molecule has 0 radical (unpaired) electrons. The van der Waals surface area contributed by atoms with Crippen LogP contribution in [0.25, 0.3) is 0 Å². The summed E-state index contributed by atoms with van der Waals surface area (Å²) in [5.41, 5.74) is 6.35. The minimum Gasteiger partial charge on any atom is -0.368 e. The summed E-state index contributed by atoms with van der Waals surface area (Å²) in [6.45, 7) is 10.5. The predicted octanol–water partition coefficient (Wildman–Crippen LogP) is 3.75. The zero-order valence-electron chi connectivity index (χ0n) is 23.0. The molecule has 3 aromatic rings. The zero-order chi connectivity index (χ0) is 27.5. The average Bonchev–Trinajstić information content (AvgIpc) is 3.25. The van der Waals surface area contributed by atoms with Crippen molar-refractivity contribution >= 4 is 17.3 Å². The van der Waals surface area contributed by atoms with E-state index >= 15 is 0 Å². The lowest BCUT2D eigenvalue weighted by Crippen LogP contribution is -2.54. The third kappa shape index (κ3) is 5.21. The molecule has 1 amide bonds. The second-order valence-electron chi connectivity index (χ2n) is 10.5. The van der Waals surface area contributed by atoms with Crippen LogP contribution in [0.15, 0.2) is 54.6 Å². The Balaban J connectivity index is 1.23. The predicted molar refractivity (Wildman–Crippen MR) is 153 cm³/mol. The number of carbonyl (C=O) groups excluding carboxylic acids is 1. The number of anilines is 2. The SMILES string of the molecule is Cc1c(CN2CCN(c3ccccc3C#N)CC2)cc(C(=O)N2CCN(c3ccccc3C#N)C[C@@H]2C)n1C. The summed E-state index contributed by atoms with van der Waals surface area (Å²) in [6.07, 6.45) is 0. The van der Waals surface area contributed by atoms with Gasteiger partial charge in [-0.15, -0.1) is 0 Å². The molecule has 1 atom stereocenters. The number of nitrogens with zero attached hydrogens (tertiary/aromatic N) is 7. The minimum absolute atomic E-state index is 0.0287. The van der Waals surface area contributed by atoms with E-state index in [1.54, 1.807) is 0 Å². The molecule has 39 heavy (non-hydrogen) atoms. The van der Waals surface area contributed by atoms with Crippen molar-refractivity contribution in [3.05, 3.63) is 82.7 Å². The second kappa shape index (κ2) is 11.2. The molecule has 0 unspecified atom stereocenters. The number of rotatable bonds is 5. The van der Waals surface area contributed by atoms with E-state index in [0.717, 1.165) is 61.0 Å². The monoisotopic (exact) mass is 521 g/mol. The molecule has 8 heteroatoms. The molecule has 0 N–H and O–H groups in total. The quantitative estimate of drug-likeness (QED) is 0.509. The number of aromatic nitrogens is 1. The van der Waals surface area contributed by atoms with Crippen LogP contribution in [0.1, 0.15) is 39.8 Å². The molecule has 2 aromatic carbocycles. The van der Waals surface area contributed by atoms with E-state index < -0.39 is 0 Å². The van der Waals surface area contributed by atoms with E-state index in [2.05, 4.69) is 46.8 Å². The first-order valence-electron chi connectivity index (χ1n) is 13.6. The largest absolute Gasteiger partial charge is 0.368 e. The molecule has 2 saturated heterocycles. The number of carbonyl (C=O) groups is 1. The van der Waals surface area contributed by atoms with Gasteiger partial charge in [-0.1, -0.05) is 24.3 Å². The Hall–Kier alpha value is -4.27. The van der Waals surface area contributed by atoms with Crippen LogP contribution in [0.3, 0.4) is 0 Å². The van der Waals surface area contributed by atoms with Crippen LogP contribution in [-0.4, -0.2) is 72.1 Å². The van der Waals surface area contributed by atoms with Crippen LogP contribution in [0, 0.1) is 29.6 Å². The Kier molecular flexibility index (Phi) is 7.58. The molecule has 3 heterocycles. The third-order valence-corrected chi connectivity index (χ3v) is 8.24. The lowest BCUT2D eigenvalue weighted by atomic mass is 10.1. The molecule has 0 bridgehead atoms. The summed E-state index contributed by atoms with van der Waals surface area (Å²) in [5.74, 6) is 0.0606. The maximum Gasteiger partial charge on any atom is 0.270 e. The highest BCUT2D eigenvalue weighted by Crippen LogP contribution is 2.26. The Morgan fingerprint density at radius 2 is 1.44 bits per heavy atom. The summed E-state index contributed by atoms with van der Waals surface area (Å²) < 4.78 is 2.03. The zero-order valence-corrected chi connectivity index (χ0v) is 23.0. The normalized spacial score (nSPS) is 18.1. The van der Waals surface area contributed by atoms with Crippen LogP contribution in [-0.2, 0) is 13.6 Å². The van der Waals surface area contributed by atoms with Gasteiger partial charge in [0.05, 0.1) is 22.5 Å². The van der Waals surface area contributed by atoms with Gasteiger partial charge in [-0.05, 0) is 49.7 Å². The molecule has 1 aromatic heterocycles. The van der Waals surface area contributed by atoms with Crippen molar-refractivity contribution in [2.75, 3.05) is 55.6 Å². The Morgan fingerprint density at radius 1 is 0.872 bits per heavy atom. The Morgan fingerprint density at radius 3 is 2.03 bits per heavy atom. The van der Waals surface area contributed by atoms with Gasteiger partial charge in [-0.25, -0.2) is 0 Å². The molecule has 0 spiro atoms. The standard InChI is InChI=1S/C31H35N7O/c1-23-21-37(29-11-7-5-9-26(29)20-33)16-17-38(23)31(39)30-18-27(24(2)34(30)3)22-35-12-14-36(15-13-35)28-10-6-4-8-25(28)19-32/h4-11,18,23H,12-17,21-22H2,1-3H3/t23-/m0/s1. The summed E-state index contributed by atoms with van der Waals surface area (Å²) in [7, 11) is 1.98. The van der Waals surface area contributed by atoms with Crippen LogP contribution < -0.4 is 9.80 Å². The molecule has 2 fully saturated rings. The first-order valence-corrected chi connectivity index (χ1v) is 13.6. The van der Waals surface area contributed by atoms with Gasteiger partial charge in [-0.3, -0.25) is 9.69 Å². The van der Waals surface area contributed by atoms with Gasteiger partial charge < -0.3 is 19.3 Å². The highest BCUT2D eigenvalue weighted by molar-refractivity contribution is 5.93. The summed E-state index contributed by atoms with van der Waals surface area (Å²) in [4.78, 5) is 22.6. The van der Waals surface area contributed by atoms with Gasteiger partial charge in [0.1, 0.15) is 17.8 Å². The van der Waals surface area contributed by atoms with E-state index in [1.807, 2.05) is 65.0 Å². The number of amides is 1. The van der Waals surface area contributed by atoms with Crippen molar-refractivity contribution < 1.29 is 4.79 Å². The number of hydrogen-bond donors (Lipinski definition) is 0. The van der Waals surface area contributed by atoms with E-state index in [9.17, 15) is 15.3 Å². The van der Waals surface area contributed by atoms with Crippen molar-refractivity contribution in [2.24, 2.45) is 7.05 Å². The van der Waals surface area contributed by atoms with Crippen molar-refractivity contribution in [2.45, 2.75) is 26.4 Å². The fraction of sp³-hybridized carbons (Fsp3) is 0.387. The molecule has 8 nitrogen and oxygen atoms in total. The van der Waals surface area contributed by atoms with Gasteiger partial charge in [0.15, 0.2) is 0 Å². The van der Waals surface area contributed by atoms with E-state index in [4.69, 9.17) is 0 Å². The first kappa shape index (κ1) is 26.3. The molecule has 0 aliphatic carbocycles. The van der Waals surface area contributed by atoms with Crippen LogP contribution >= 0.6 is 0 Å². The van der Waals surface area contributed by atoms with Crippen molar-refractivity contribution in [3.63, 3.8) is 0 Å². The summed E-state index contributed by atoms with van der Waals surface area (Å²) >= 11 is 0. The molecule has 200 valence electrons. The maximum atomic E-state index is 13.7. The minimum atomic E-state index is 0.0287. The van der Waals surface area contributed by atoms with Crippen molar-refractivity contribution in [1.29, 1.82) is 10.5 Å².